The molecular weight excluding hydrogens is 271 g/mol. The van der Waals surface area contributed by atoms with Gasteiger partial charge in [0, 0.05) is 12.1 Å². The van der Waals surface area contributed by atoms with Crippen LogP contribution in [-0.2, 0) is 0 Å². The number of benzene rings is 1. The molecular formula is C16H21FN2O2. The van der Waals surface area contributed by atoms with Gasteiger partial charge in [-0.05, 0) is 42.9 Å². The Bertz CT molecular complexity index is 545. The first kappa shape index (κ1) is 15.5. The maximum Gasteiger partial charge on any atom is 0.254 e. The van der Waals surface area contributed by atoms with E-state index in [1.54, 1.807) is 0 Å². The van der Waals surface area contributed by atoms with Crippen LogP contribution in [0.15, 0.2) is 18.2 Å². The van der Waals surface area contributed by atoms with Crippen LogP contribution in [0.3, 0.4) is 0 Å². The summed E-state index contributed by atoms with van der Waals surface area (Å²) in [6.07, 6.45) is 4.55. The third-order valence-corrected chi connectivity index (χ3v) is 4.14. The van der Waals surface area contributed by atoms with Crippen LogP contribution in [0.25, 0.3) is 0 Å². The average molecular weight is 292 g/mol. The van der Waals surface area contributed by atoms with Crippen molar-refractivity contribution < 1.29 is 14.0 Å². The molecule has 0 saturated heterocycles. The molecule has 2 unspecified atom stereocenters. The molecule has 4 nitrogen and oxygen atoms in total. The minimum Gasteiger partial charge on any atom is -0.366 e. The first-order valence-corrected chi connectivity index (χ1v) is 7.35. The molecule has 114 valence electrons. The van der Waals surface area contributed by atoms with Crippen molar-refractivity contribution in [2.45, 2.75) is 32.6 Å². The summed E-state index contributed by atoms with van der Waals surface area (Å²) in [5.41, 5.74) is 5.13. The minimum absolute atomic E-state index is 0.131. The summed E-state index contributed by atoms with van der Waals surface area (Å²) in [5.74, 6) is -0.421. The van der Waals surface area contributed by atoms with Crippen LogP contribution in [0.5, 0.6) is 0 Å². The number of nitrogens with two attached hydrogens (primary N) is 1. The number of carbonyl (C=O) groups excluding carboxylic acids is 2. The summed E-state index contributed by atoms with van der Waals surface area (Å²) in [5, 5.41) is 2.72. The Hall–Kier alpha value is -1.91. The highest BCUT2D eigenvalue weighted by Gasteiger charge is 2.21. The highest BCUT2D eigenvalue weighted by atomic mass is 19.1. The van der Waals surface area contributed by atoms with Gasteiger partial charge < -0.3 is 11.1 Å². The number of carbonyl (C=O) groups is 2. The summed E-state index contributed by atoms with van der Waals surface area (Å²) in [6, 6.07) is 3.56. The van der Waals surface area contributed by atoms with Gasteiger partial charge in [0.05, 0.1) is 5.56 Å². The lowest BCUT2D eigenvalue weighted by atomic mass is 10.0. The van der Waals surface area contributed by atoms with Crippen LogP contribution >= 0.6 is 0 Å². The molecule has 0 spiro atoms. The molecule has 0 aromatic heterocycles. The molecule has 3 N–H and O–H groups in total. The number of halogens is 1. The van der Waals surface area contributed by atoms with Crippen molar-refractivity contribution in [1.29, 1.82) is 0 Å². The minimum atomic E-state index is -0.677. The van der Waals surface area contributed by atoms with Gasteiger partial charge in [-0.3, -0.25) is 9.59 Å². The van der Waals surface area contributed by atoms with Gasteiger partial charge in [-0.25, -0.2) is 4.39 Å². The van der Waals surface area contributed by atoms with Crippen LogP contribution < -0.4 is 11.1 Å². The van der Waals surface area contributed by atoms with Gasteiger partial charge in [-0.15, -0.1) is 0 Å². The third kappa shape index (κ3) is 4.03. The van der Waals surface area contributed by atoms with Crippen LogP contribution in [0.2, 0.25) is 0 Å². The molecule has 2 rings (SSSR count). The third-order valence-electron chi connectivity index (χ3n) is 4.14. The molecule has 21 heavy (non-hydrogen) atoms. The van der Waals surface area contributed by atoms with Crippen LogP contribution in [0.4, 0.5) is 4.39 Å². The van der Waals surface area contributed by atoms with Crippen molar-refractivity contribution in [3.8, 4) is 0 Å². The molecule has 1 aliphatic carbocycles. The Kier molecular flexibility index (Phi) is 4.94. The van der Waals surface area contributed by atoms with E-state index >= 15 is 0 Å². The zero-order valence-corrected chi connectivity index (χ0v) is 12.2. The van der Waals surface area contributed by atoms with Crippen LogP contribution in [0.1, 0.15) is 53.3 Å². The standard InChI is InChI=1S/C16H21FN2O2/c1-10-2-3-11(8-10)6-7-19-16(21)13-9-12(15(18)20)4-5-14(13)17/h4-5,9-11H,2-3,6-8H2,1H3,(H2,18,20)(H,19,21). The molecule has 1 aromatic carbocycles. The van der Waals surface area contributed by atoms with Gasteiger partial charge >= 0.3 is 0 Å². The maximum absolute atomic E-state index is 13.6. The van der Waals surface area contributed by atoms with Crippen molar-refractivity contribution in [1.82, 2.24) is 5.32 Å². The van der Waals surface area contributed by atoms with Crippen molar-refractivity contribution in [2.75, 3.05) is 6.54 Å². The van der Waals surface area contributed by atoms with Gasteiger partial charge in [-0.1, -0.05) is 19.8 Å². The molecule has 0 aliphatic heterocycles. The van der Waals surface area contributed by atoms with E-state index in [9.17, 15) is 14.0 Å². The van der Waals surface area contributed by atoms with Gasteiger partial charge in [-0.2, -0.15) is 0 Å². The Morgan fingerprint density at radius 1 is 1.38 bits per heavy atom. The fourth-order valence-corrected chi connectivity index (χ4v) is 2.92. The second kappa shape index (κ2) is 6.70. The lowest BCUT2D eigenvalue weighted by Crippen LogP contribution is -2.27. The average Bonchev–Trinajstić information content (AvgIpc) is 2.84. The number of nitrogens with one attached hydrogen (secondary N) is 1. The Labute approximate surface area is 123 Å². The lowest BCUT2D eigenvalue weighted by molar-refractivity contribution is 0.0947. The topological polar surface area (TPSA) is 72.2 Å². The van der Waals surface area contributed by atoms with Gasteiger partial charge in [0.25, 0.3) is 5.91 Å². The predicted octanol–water partition coefficient (Wildman–Crippen LogP) is 2.48. The van der Waals surface area contributed by atoms with E-state index in [2.05, 4.69) is 12.2 Å². The number of primary amides is 1. The monoisotopic (exact) mass is 292 g/mol. The van der Waals surface area contributed by atoms with Crippen LogP contribution in [-0.4, -0.2) is 18.4 Å². The quantitative estimate of drug-likeness (QED) is 0.875. The van der Waals surface area contributed by atoms with E-state index in [1.807, 2.05) is 0 Å². The fourth-order valence-electron chi connectivity index (χ4n) is 2.92. The second-order valence-corrected chi connectivity index (χ2v) is 5.89. The van der Waals surface area contributed by atoms with Crippen molar-refractivity contribution in [2.24, 2.45) is 17.6 Å². The van der Waals surface area contributed by atoms with E-state index < -0.39 is 17.6 Å². The summed E-state index contributed by atoms with van der Waals surface area (Å²) in [6.45, 7) is 2.76. The molecule has 0 radical (unpaired) electrons. The van der Waals surface area contributed by atoms with E-state index in [0.717, 1.165) is 18.4 Å². The Balaban J connectivity index is 1.91. The summed E-state index contributed by atoms with van der Waals surface area (Å²) in [7, 11) is 0. The highest BCUT2D eigenvalue weighted by molar-refractivity contribution is 5.99. The molecule has 5 heteroatoms. The summed E-state index contributed by atoms with van der Waals surface area (Å²) < 4.78 is 13.6. The molecule has 1 saturated carbocycles. The van der Waals surface area contributed by atoms with Gasteiger partial charge in [0.15, 0.2) is 0 Å². The number of hydrogen-bond acceptors (Lipinski definition) is 2. The molecule has 2 amide bonds. The Morgan fingerprint density at radius 2 is 2.14 bits per heavy atom. The van der Waals surface area contributed by atoms with Gasteiger partial charge in [0.2, 0.25) is 5.91 Å². The Morgan fingerprint density at radius 3 is 2.76 bits per heavy atom. The molecule has 1 aliphatic rings. The van der Waals surface area contributed by atoms with E-state index in [1.165, 1.54) is 31.4 Å². The molecule has 0 heterocycles. The van der Waals surface area contributed by atoms with Gasteiger partial charge in [0.1, 0.15) is 5.82 Å². The maximum atomic E-state index is 13.6. The fraction of sp³-hybridized carbons (Fsp3) is 0.500. The normalized spacial score (nSPS) is 21.2. The van der Waals surface area contributed by atoms with Crippen molar-refractivity contribution in [3.63, 3.8) is 0 Å². The highest BCUT2D eigenvalue weighted by Crippen LogP contribution is 2.32. The van der Waals surface area contributed by atoms with E-state index in [-0.39, 0.29) is 11.1 Å². The summed E-state index contributed by atoms with van der Waals surface area (Å²) >= 11 is 0. The largest absolute Gasteiger partial charge is 0.366 e. The first-order valence-electron chi connectivity index (χ1n) is 7.35. The second-order valence-electron chi connectivity index (χ2n) is 5.89. The molecule has 2 atom stereocenters. The molecule has 0 bridgehead atoms. The zero-order chi connectivity index (χ0) is 15.4. The smallest absolute Gasteiger partial charge is 0.254 e. The number of hydrogen-bond donors (Lipinski definition) is 2. The molecule has 1 fully saturated rings. The van der Waals surface area contributed by atoms with Crippen molar-refractivity contribution in [3.05, 3.63) is 35.1 Å². The number of rotatable bonds is 5. The summed E-state index contributed by atoms with van der Waals surface area (Å²) in [4.78, 5) is 23.0. The van der Waals surface area contributed by atoms with E-state index in [4.69, 9.17) is 5.73 Å². The molecule has 1 aromatic rings. The zero-order valence-electron chi connectivity index (χ0n) is 12.2. The van der Waals surface area contributed by atoms with E-state index in [0.29, 0.717) is 12.5 Å². The van der Waals surface area contributed by atoms with Crippen molar-refractivity contribution >= 4 is 11.8 Å². The number of amides is 2. The first-order chi connectivity index (χ1) is 9.97. The SMILES string of the molecule is CC1CCC(CCNC(=O)c2cc(C(N)=O)ccc2F)C1. The lowest BCUT2D eigenvalue weighted by Gasteiger charge is -2.11. The predicted molar refractivity (Wildman–Crippen MR) is 78.4 cm³/mol. The van der Waals surface area contributed by atoms with Crippen LogP contribution in [0, 0.1) is 17.7 Å².